The summed E-state index contributed by atoms with van der Waals surface area (Å²) in [5.41, 5.74) is 2.94. The molecule has 2 aromatic carbocycles. The van der Waals surface area contributed by atoms with E-state index in [-0.39, 0.29) is 29.6 Å². The Kier molecular flexibility index (Phi) is 4.68. The summed E-state index contributed by atoms with van der Waals surface area (Å²) in [5.74, 6) is 0.0608. The number of sulfone groups is 1. The smallest absolute Gasteiger partial charge is 0.314 e. The Morgan fingerprint density at radius 2 is 1.78 bits per heavy atom. The molecular weight excluding hydrogens is 380 g/mol. The molecule has 7 heteroatoms. The molecule has 2 atom stereocenters. The number of thioether (sulfide) groups is 1. The van der Waals surface area contributed by atoms with Gasteiger partial charge in [0.15, 0.2) is 9.84 Å². The lowest BCUT2D eigenvalue weighted by Crippen LogP contribution is -2.37. The van der Waals surface area contributed by atoms with Crippen LogP contribution in [0.15, 0.2) is 53.4 Å². The fourth-order valence-electron chi connectivity index (χ4n) is 3.91. The number of nitrogens with zero attached hydrogens (tertiary/aromatic N) is 2. The van der Waals surface area contributed by atoms with E-state index in [1.54, 1.807) is 21.6 Å². The first-order valence-corrected chi connectivity index (χ1v) is 11.9. The fraction of sp³-hybridized carbons (Fsp3) is 0.350. The SMILES string of the molecule is CSc1cccc(N2C(=O)N(Cc3ccc(C)cc3)[C@@H]3CS(=O)(=O)C[C@@H]32)c1. The fourth-order valence-corrected chi connectivity index (χ4v) is 6.32. The van der Waals surface area contributed by atoms with Gasteiger partial charge in [0.05, 0.1) is 23.6 Å². The van der Waals surface area contributed by atoms with Gasteiger partial charge >= 0.3 is 6.03 Å². The van der Waals surface area contributed by atoms with E-state index in [4.69, 9.17) is 0 Å². The van der Waals surface area contributed by atoms with E-state index in [9.17, 15) is 13.2 Å². The second-order valence-electron chi connectivity index (χ2n) is 7.18. The second kappa shape index (κ2) is 6.87. The normalized spacial score (nSPS) is 23.7. The molecule has 5 nitrogen and oxygen atoms in total. The lowest BCUT2D eigenvalue weighted by atomic mass is 10.1. The Morgan fingerprint density at radius 3 is 2.48 bits per heavy atom. The van der Waals surface area contributed by atoms with Gasteiger partial charge in [-0.1, -0.05) is 35.9 Å². The molecule has 0 aromatic heterocycles. The lowest BCUT2D eigenvalue weighted by molar-refractivity contribution is 0.206. The number of carbonyl (C=O) groups is 1. The van der Waals surface area contributed by atoms with E-state index >= 15 is 0 Å². The Hall–Kier alpha value is -1.99. The number of amides is 2. The molecule has 0 aliphatic carbocycles. The van der Waals surface area contributed by atoms with Gasteiger partial charge < -0.3 is 4.90 Å². The maximum Gasteiger partial charge on any atom is 0.325 e. The zero-order valence-corrected chi connectivity index (χ0v) is 17.0. The number of urea groups is 1. The number of fused-ring (bicyclic) bond motifs is 1. The van der Waals surface area contributed by atoms with Crippen molar-refractivity contribution >= 4 is 33.3 Å². The molecule has 0 N–H and O–H groups in total. The first-order chi connectivity index (χ1) is 12.9. The van der Waals surface area contributed by atoms with Crippen molar-refractivity contribution in [3.05, 3.63) is 59.7 Å². The third-order valence-electron chi connectivity index (χ3n) is 5.28. The quantitative estimate of drug-likeness (QED) is 0.581. The maximum atomic E-state index is 13.3. The summed E-state index contributed by atoms with van der Waals surface area (Å²) >= 11 is 1.60. The van der Waals surface area contributed by atoms with Crippen LogP contribution in [0.25, 0.3) is 0 Å². The summed E-state index contributed by atoms with van der Waals surface area (Å²) < 4.78 is 24.6. The minimum Gasteiger partial charge on any atom is -0.314 e. The van der Waals surface area contributed by atoms with Gasteiger partial charge in [0.1, 0.15) is 0 Å². The van der Waals surface area contributed by atoms with E-state index in [0.29, 0.717) is 6.54 Å². The lowest BCUT2D eigenvalue weighted by Gasteiger charge is -2.23. The van der Waals surface area contributed by atoms with Crippen LogP contribution in [-0.2, 0) is 16.4 Å². The first kappa shape index (κ1) is 18.4. The Labute approximate surface area is 164 Å². The van der Waals surface area contributed by atoms with Crippen molar-refractivity contribution in [2.24, 2.45) is 0 Å². The van der Waals surface area contributed by atoms with Crippen LogP contribution < -0.4 is 4.90 Å². The van der Waals surface area contributed by atoms with Crippen LogP contribution in [0.3, 0.4) is 0 Å². The Morgan fingerprint density at radius 1 is 1.07 bits per heavy atom. The molecular formula is C20H22N2O3S2. The monoisotopic (exact) mass is 402 g/mol. The van der Waals surface area contributed by atoms with E-state index in [0.717, 1.165) is 21.7 Å². The topological polar surface area (TPSA) is 57.7 Å². The Balaban J connectivity index is 1.70. The van der Waals surface area contributed by atoms with Gasteiger partial charge in [0, 0.05) is 17.1 Å². The molecule has 142 valence electrons. The third-order valence-corrected chi connectivity index (χ3v) is 7.71. The molecule has 0 unspecified atom stereocenters. The highest BCUT2D eigenvalue weighted by molar-refractivity contribution is 7.98. The second-order valence-corrected chi connectivity index (χ2v) is 10.2. The molecule has 2 aliphatic rings. The highest BCUT2D eigenvalue weighted by atomic mass is 32.2. The van der Waals surface area contributed by atoms with Gasteiger partial charge in [-0.2, -0.15) is 0 Å². The van der Waals surface area contributed by atoms with Crippen LogP contribution in [0.4, 0.5) is 10.5 Å². The van der Waals surface area contributed by atoms with Crippen LogP contribution >= 0.6 is 11.8 Å². The van der Waals surface area contributed by atoms with Gasteiger partial charge in [-0.3, -0.25) is 4.90 Å². The van der Waals surface area contributed by atoms with Crippen LogP contribution in [0.5, 0.6) is 0 Å². The molecule has 4 rings (SSSR count). The molecule has 2 aliphatic heterocycles. The van der Waals surface area contributed by atoms with Crippen molar-refractivity contribution in [1.29, 1.82) is 0 Å². The molecule has 2 fully saturated rings. The predicted molar refractivity (Wildman–Crippen MR) is 109 cm³/mol. The van der Waals surface area contributed by atoms with Crippen LogP contribution in [-0.4, -0.2) is 49.2 Å². The van der Waals surface area contributed by atoms with Crippen LogP contribution in [0, 0.1) is 6.92 Å². The average molecular weight is 403 g/mol. The highest BCUT2D eigenvalue weighted by Crippen LogP contribution is 2.36. The van der Waals surface area contributed by atoms with Crippen molar-refractivity contribution in [1.82, 2.24) is 4.90 Å². The molecule has 0 spiro atoms. The molecule has 0 saturated carbocycles. The molecule has 0 radical (unpaired) electrons. The van der Waals surface area contributed by atoms with Gasteiger partial charge in [0.25, 0.3) is 0 Å². The van der Waals surface area contributed by atoms with Gasteiger partial charge in [-0.05, 0) is 36.9 Å². The van der Waals surface area contributed by atoms with Crippen molar-refractivity contribution in [2.75, 3.05) is 22.7 Å². The van der Waals surface area contributed by atoms with Crippen LogP contribution in [0.1, 0.15) is 11.1 Å². The third kappa shape index (κ3) is 3.46. The summed E-state index contributed by atoms with van der Waals surface area (Å²) in [6, 6.07) is 15.0. The van der Waals surface area contributed by atoms with Crippen molar-refractivity contribution in [3.63, 3.8) is 0 Å². The van der Waals surface area contributed by atoms with Gasteiger partial charge in [0.2, 0.25) is 0 Å². The summed E-state index contributed by atoms with van der Waals surface area (Å²) in [5, 5.41) is 0. The predicted octanol–water partition coefficient (Wildman–Crippen LogP) is 3.32. The molecule has 2 saturated heterocycles. The average Bonchev–Trinajstić information content (AvgIpc) is 3.07. The number of anilines is 1. The summed E-state index contributed by atoms with van der Waals surface area (Å²) in [6.45, 7) is 2.44. The number of hydrogen-bond donors (Lipinski definition) is 0. The standard InChI is InChI=1S/C20H22N2O3S2/c1-14-6-8-15(9-7-14)11-21-18-12-27(24,25)13-19(18)22(20(21)23)16-4-3-5-17(10-16)26-2/h3-10,18-19H,11-13H2,1-2H3/t18-,19+/m1/s1. The maximum absolute atomic E-state index is 13.3. The van der Waals surface area contributed by atoms with E-state index in [1.165, 1.54) is 0 Å². The molecule has 2 aromatic rings. The molecule has 0 bridgehead atoms. The molecule has 27 heavy (non-hydrogen) atoms. The van der Waals surface area contributed by atoms with Crippen molar-refractivity contribution in [2.45, 2.75) is 30.4 Å². The largest absolute Gasteiger partial charge is 0.325 e. The zero-order chi connectivity index (χ0) is 19.2. The number of benzene rings is 2. The molecule has 2 heterocycles. The van der Waals surface area contributed by atoms with Crippen LogP contribution in [0.2, 0.25) is 0 Å². The first-order valence-electron chi connectivity index (χ1n) is 8.88. The Bertz CT molecular complexity index is 973. The number of rotatable bonds is 4. The van der Waals surface area contributed by atoms with Gasteiger partial charge in [-0.15, -0.1) is 11.8 Å². The van der Waals surface area contributed by atoms with E-state index in [2.05, 4.69) is 0 Å². The van der Waals surface area contributed by atoms with Crippen molar-refractivity contribution < 1.29 is 13.2 Å². The van der Waals surface area contributed by atoms with E-state index < -0.39 is 9.84 Å². The highest BCUT2D eigenvalue weighted by Gasteiger charge is 2.53. The number of aryl methyl sites for hydroxylation is 1. The summed E-state index contributed by atoms with van der Waals surface area (Å²) in [6.07, 6.45) is 1.98. The molecule has 2 amide bonds. The summed E-state index contributed by atoms with van der Waals surface area (Å²) in [4.78, 5) is 17.7. The summed E-state index contributed by atoms with van der Waals surface area (Å²) in [7, 11) is -3.16. The number of hydrogen-bond acceptors (Lipinski definition) is 4. The minimum atomic E-state index is -3.16. The minimum absolute atomic E-state index is 0.0251. The van der Waals surface area contributed by atoms with Gasteiger partial charge in [-0.25, -0.2) is 13.2 Å². The zero-order valence-electron chi connectivity index (χ0n) is 15.3. The van der Waals surface area contributed by atoms with Crippen molar-refractivity contribution in [3.8, 4) is 0 Å². The number of carbonyl (C=O) groups excluding carboxylic acids is 1. The van der Waals surface area contributed by atoms with E-state index in [1.807, 2.05) is 61.7 Å².